The largest absolute Gasteiger partial charge is 0.497 e. The first-order valence-corrected chi connectivity index (χ1v) is 6.68. The van der Waals surface area contributed by atoms with Gasteiger partial charge in [-0.05, 0) is 31.2 Å². The molecule has 2 aromatic rings. The van der Waals surface area contributed by atoms with Gasteiger partial charge in [-0.2, -0.15) is 5.10 Å². The van der Waals surface area contributed by atoms with E-state index in [1.54, 1.807) is 38.3 Å². The van der Waals surface area contributed by atoms with E-state index in [2.05, 4.69) is 14.9 Å². The molecule has 0 bridgehead atoms. The first-order valence-electron chi connectivity index (χ1n) is 5.20. The van der Waals surface area contributed by atoms with Crippen LogP contribution in [0.15, 0.2) is 35.4 Å². The van der Waals surface area contributed by atoms with Crippen molar-refractivity contribution in [3.8, 4) is 5.75 Å². The Bertz CT molecular complexity index is 632. The second-order valence-corrected chi connectivity index (χ2v) is 5.34. The summed E-state index contributed by atoms with van der Waals surface area (Å²) in [5.41, 5.74) is 0.965. The zero-order valence-corrected chi connectivity index (χ0v) is 10.8. The second kappa shape index (κ2) is 4.69. The number of aryl methyl sites for hydroxylation is 1. The van der Waals surface area contributed by atoms with Crippen molar-refractivity contribution in [2.45, 2.75) is 11.8 Å². The average Bonchev–Trinajstić information content (AvgIpc) is 2.77. The molecular formula is C11H13N3O3S. The Labute approximate surface area is 105 Å². The van der Waals surface area contributed by atoms with E-state index in [-0.39, 0.29) is 4.90 Å². The van der Waals surface area contributed by atoms with E-state index in [1.165, 1.54) is 6.20 Å². The molecule has 1 aromatic carbocycles. The summed E-state index contributed by atoms with van der Waals surface area (Å²) in [5, 5.41) is 6.28. The van der Waals surface area contributed by atoms with Crippen LogP contribution in [0.25, 0.3) is 0 Å². The molecule has 2 N–H and O–H groups in total. The molecule has 0 aliphatic carbocycles. The van der Waals surface area contributed by atoms with Crippen LogP contribution in [0.2, 0.25) is 0 Å². The molecule has 0 saturated heterocycles. The van der Waals surface area contributed by atoms with Gasteiger partial charge in [-0.25, -0.2) is 8.42 Å². The van der Waals surface area contributed by atoms with Crippen molar-refractivity contribution in [2.24, 2.45) is 0 Å². The third kappa shape index (κ3) is 2.45. The van der Waals surface area contributed by atoms with Crippen LogP contribution in [0.5, 0.6) is 5.75 Å². The second-order valence-electron chi connectivity index (χ2n) is 3.69. The highest BCUT2D eigenvalue weighted by Gasteiger charge is 2.18. The first-order chi connectivity index (χ1) is 8.53. The van der Waals surface area contributed by atoms with Gasteiger partial charge in [-0.1, -0.05) is 0 Å². The van der Waals surface area contributed by atoms with Gasteiger partial charge in [0.25, 0.3) is 10.0 Å². The molecule has 0 spiro atoms. The van der Waals surface area contributed by atoms with E-state index in [0.29, 0.717) is 17.1 Å². The lowest BCUT2D eigenvalue weighted by molar-refractivity contribution is 0.415. The minimum atomic E-state index is -3.60. The van der Waals surface area contributed by atoms with E-state index in [1.807, 2.05) is 0 Å². The zero-order valence-electron chi connectivity index (χ0n) is 9.97. The topological polar surface area (TPSA) is 84.1 Å². The summed E-state index contributed by atoms with van der Waals surface area (Å²) >= 11 is 0. The molecule has 2 rings (SSSR count). The average molecular weight is 267 g/mol. The number of rotatable bonds is 4. The van der Waals surface area contributed by atoms with Crippen LogP contribution in [0.4, 0.5) is 5.69 Å². The van der Waals surface area contributed by atoms with Crippen LogP contribution in [-0.2, 0) is 10.0 Å². The Kier molecular flexibility index (Phi) is 3.24. The first kappa shape index (κ1) is 12.4. The number of nitrogens with zero attached hydrogens (tertiary/aromatic N) is 1. The number of ether oxygens (including phenoxy) is 1. The van der Waals surface area contributed by atoms with Gasteiger partial charge in [-0.3, -0.25) is 9.82 Å². The van der Waals surface area contributed by atoms with E-state index in [9.17, 15) is 8.42 Å². The van der Waals surface area contributed by atoms with Crippen LogP contribution in [0.3, 0.4) is 0 Å². The molecule has 0 aliphatic rings. The number of hydrogen-bond donors (Lipinski definition) is 2. The minimum Gasteiger partial charge on any atom is -0.497 e. The molecule has 96 valence electrons. The highest BCUT2D eigenvalue weighted by Crippen LogP contribution is 2.19. The molecule has 0 unspecified atom stereocenters. The van der Waals surface area contributed by atoms with Crippen molar-refractivity contribution >= 4 is 15.7 Å². The molecule has 1 aromatic heterocycles. The number of aromatic nitrogens is 2. The van der Waals surface area contributed by atoms with Crippen LogP contribution in [0, 0.1) is 6.92 Å². The molecule has 7 heteroatoms. The number of sulfonamides is 1. The maximum absolute atomic E-state index is 12.0. The fourth-order valence-electron chi connectivity index (χ4n) is 1.48. The molecule has 1 heterocycles. The zero-order chi connectivity index (χ0) is 13.2. The summed E-state index contributed by atoms with van der Waals surface area (Å²) in [7, 11) is -2.06. The van der Waals surface area contributed by atoms with Gasteiger partial charge < -0.3 is 4.74 Å². The Balaban J connectivity index is 2.25. The summed E-state index contributed by atoms with van der Waals surface area (Å²) in [5.74, 6) is 0.664. The summed E-state index contributed by atoms with van der Waals surface area (Å²) in [6.45, 7) is 1.65. The van der Waals surface area contributed by atoms with Gasteiger partial charge in [0.05, 0.1) is 19.0 Å². The van der Waals surface area contributed by atoms with Crippen molar-refractivity contribution in [3.05, 3.63) is 36.2 Å². The molecule has 0 radical (unpaired) electrons. The standard InChI is InChI=1S/C11H13N3O3S/c1-8-11(7-12-13-8)18(15,16)14-9-3-5-10(17-2)6-4-9/h3-7,14H,1-2H3,(H,12,13). The van der Waals surface area contributed by atoms with E-state index in [0.717, 1.165) is 0 Å². The van der Waals surface area contributed by atoms with Crippen LogP contribution >= 0.6 is 0 Å². The van der Waals surface area contributed by atoms with Crippen LogP contribution in [-0.4, -0.2) is 25.7 Å². The number of nitrogens with one attached hydrogen (secondary N) is 2. The number of anilines is 1. The summed E-state index contributed by atoms with van der Waals surface area (Å²) in [4.78, 5) is 0.137. The number of methoxy groups -OCH3 is 1. The van der Waals surface area contributed by atoms with Crippen molar-refractivity contribution in [2.75, 3.05) is 11.8 Å². The van der Waals surface area contributed by atoms with Gasteiger partial charge in [0, 0.05) is 5.69 Å². The molecule has 0 fully saturated rings. The van der Waals surface area contributed by atoms with Crippen molar-refractivity contribution in [1.29, 1.82) is 0 Å². The monoisotopic (exact) mass is 267 g/mol. The van der Waals surface area contributed by atoms with E-state index in [4.69, 9.17) is 4.74 Å². The van der Waals surface area contributed by atoms with Crippen LogP contribution in [0.1, 0.15) is 5.69 Å². The van der Waals surface area contributed by atoms with Gasteiger partial charge in [-0.15, -0.1) is 0 Å². The lowest BCUT2D eigenvalue weighted by Crippen LogP contribution is -2.13. The van der Waals surface area contributed by atoms with Gasteiger partial charge in [0.15, 0.2) is 0 Å². The lowest BCUT2D eigenvalue weighted by atomic mass is 10.3. The molecule has 0 aliphatic heterocycles. The number of benzene rings is 1. The van der Waals surface area contributed by atoms with Crippen molar-refractivity contribution in [1.82, 2.24) is 10.2 Å². The maximum Gasteiger partial charge on any atom is 0.265 e. The normalized spacial score (nSPS) is 11.2. The smallest absolute Gasteiger partial charge is 0.265 e. The van der Waals surface area contributed by atoms with Crippen molar-refractivity contribution in [3.63, 3.8) is 0 Å². The van der Waals surface area contributed by atoms with Gasteiger partial charge in [0.1, 0.15) is 10.6 Å². The van der Waals surface area contributed by atoms with Gasteiger partial charge >= 0.3 is 0 Å². The lowest BCUT2D eigenvalue weighted by Gasteiger charge is -2.07. The predicted molar refractivity (Wildman–Crippen MR) is 67.1 cm³/mol. The maximum atomic E-state index is 12.0. The highest BCUT2D eigenvalue weighted by molar-refractivity contribution is 7.92. The Morgan fingerprint density at radius 3 is 2.44 bits per heavy atom. The predicted octanol–water partition coefficient (Wildman–Crippen LogP) is 1.53. The Morgan fingerprint density at radius 1 is 1.28 bits per heavy atom. The quantitative estimate of drug-likeness (QED) is 0.879. The Hall–Kier alpha value is -2.02. The molecule has 0 amide bonds. The fraction of sp³-hybridized carbons (Fsp3) is 0.182. The molecule has 18 heavy (non-hydrogen) atoms. The fourth-order valence-corrected chi connectivity index (χ4v) is 2.68. The Morgan fingerprint density at radius 2 is 1.94 bits per heavy atom. The molecule has 0 atom stereocenters. The van der Waals surface area contributed by atoms with Crippen molar-refractivity contribution < 1.29 is 13.2 Å². The SMILES string of the molecule is COc1ccc(NS(=O)(=O)c2cn[nH]c2C)cc1. The summed E-state index contributed by atoms with van der Waals surface area (Å²) < 4.78 is 31.5. The number of hydrogen-bond acceptors (Lipinski definition) is 4. The highest BCUT2D eigenvalue weighted by atomic mass is 32.2. The van der Waals surface area contributed by atoms with Gasteiger partial charge in [0.2, 0.25) is 0 Å². The van der Waals surface area contributed by atoms with E-state index < -0.39 is 10.0 Å². The van der Waals surface area contributed by atoms with E-state index >= 15 is 0 Å². The third-order valence-electron chi connectivity index (χ3n) is 2.42. The number of H-pyrrole nitrogens is 1. The molecule has 0 saturated carbocycles. The number of aromatic amines is 1. The van der Waals surface area contributed by atoms with Crippen LogP contribution < -0.4 is 9.46 Å². The summed E-state index contributed by atoms with van der Waals surface area (Å²) in [6.07, 6.45) is 1.28. The molecule has 6 nitrogen and oxygen atoms in total. The summed E-state index contributed by atoms with van der Waals surface area (Å²) in [6, 6.07) is 6.62. The minimum absolute atomic E-state index is 0.137. The molecular weight excluding hydrogens is 254 g/mol. The third-order valence-corrected chi connectivity index (χ3v) is 3.91.